The van der Waals surface area contributed by atoms with Crippen LogP contribution in [0.25, 0.3) is 0 Å². The van der Waals surface area contributed by atoms with Crippen LogP contribution in [-0.2, 0) is 0 Å². The Kier molecular flexibility index (Phi) is 2.96. The number of amides is 1. The van der Waals surface area contributed by atoms with Crippen molar-refractivity contribution in [2.24, 2.45) is 11.7 Å². The molecule has 2 aliphatic rings. The number of ether oxygens (including phenoxy) is 1. The van der Waals surface area contributed by atoms with E-state index in [1.165, 1.54) is 19.5 Å². The molecule has 2 fully saturated rings. The maximum atomic E-state index is 11.3. The van der Waals surface area contributed by atoms with E-state index in [-0.39, 0.29) is 6.10 Å². The summed E-state index contributed by atoms with van der Waals surface area (Å²) in [5, 5.41) is 0. The fourth-order valence-electron chi connectivity index (χ4n) is 3.04. The van der Waals surface area contributed by atoms with Gasteiger partial charge in [0.1, 0.15) is 11.9 Å². The molecule has 0 aliphatic carbocycles. The molecule has 3 atom stereocenters. The maximum absolute atomic E-state index is 11.3. The number of benzene rings is 1. The predicted molar refractivity (Wildman–Crippen MR) is 68.5 cm³/mol. The van der Waals surface area contributed by atoms with Gasteiger partial charge >= 0.3 is 0 Å². The molecule has 2 aliphatic heterocycles. The van der Waals surface area contributed by atoms with Crippen molar-refractivity contribution in [2.45, 2.75) is 18.9 Å². The average molecular weight is 246 g/mol. The molecule has 1 aromatic rings. The number of hydrogen-bond donors (Lipinski definition) is 1. The SMILES string of the molecule is NC(=O)c1ccccc1OC1CC2CCN(C2)C1. The molecular weight excluding hydrogens is 228 g/mol. The van der Waals surface area contributed by atoms with Gasteiger partial charge < -0.3 is 10.5 Å². The number of carbonyl (C=O) groups is 1. The van der Waals surface area contributed by atoms with Crippen LogP contribution in [0.3, 0.4) is 0 Å². The van der Waals surface area contributed by atoms with Crippen molar-refractivity contribution in [2.75, 3.05) is 19.6 Å². The van der Waals surface area contributed by atoms with Crippen molar-refractivity contribution in [3.63, 3.8) is 0 Å². The molecule has 2 heterocycles. The first-order chi connectivity index (χ1) is 8.72. The highest BCUT2D eigenvalue weighted by molar-refractivity contribution is 5.95. The van der Waals surface area contributed by atoms with Crippen molar-refractivity contribution < 1.29 is 9.53 Å². The lowest BCUT2D eigenvalue weighted by Gasteiger charge is -2.30. The molecule has 0 radical (unpaired) electrons. The summed E-state index contributed by atoms with van der Waals surface area (Å²) in [6.45, 7) is 3.35. The zero-order chi connectivity index (χ0) is 12.5. The van der Waals surface area contributed by atoms with E-state index in [0.29, 0.717) is 11.3 Å². The minimum absolute atomic E-state index is 0.187. The van der Waals surface area contributed by atoms with Gasteiger partial charge in [0.25, 0.3) is 5.91 Å². The van der Waals surface area contributed by atoms with Gasteiger partial charge in [0.2, 0.25) is 0 Å². The number of para-hydroxylation sites is 1. The fourth-order valence-corrected chi connectivity index (χ4v) is 3.04. The number of carbonyl (C=O) groups excluding carboxylic acids is 1. The van der Waals surface area contributed by atoms with Crippen LogP contribution < -0.4 is 10.5 Å². The minimum atomic E-state index is -0.426. The van der Waals surface area contributed by atoms with Crippen molar-refractivity contribution in [1.29, 1.82) is 0 Å². The fraction of sp³-hybridized carbons (Fsp3) is 0.500. The molecule has 3 rings (SSSR count). The second-order valence-corrected chi connectivity index (χ2v) is 5.25. The maximum Gasteiger partial charge on any atom is 0.252 e. The Hall–Kier alpha value is -1.55. The lowest BCUT2D eigenvalue weighted by molar-refractivity contribution is 0.0919. The van der Waals surface area contributed by atoms with Gasteiger partial charge in [0, 0.05) is 13.1 Å². The standard InChI is InChI=1S/C14H18N2O2/c15-14(17)12-3-1-2-4-13(12)18-11-7-10-5-6-16(8-10)9-11/h1-4,10-11H,5-9H2,(H2,15,17). The molecule has 4 nitrogen and oxygen atoms in total. The van der Waals surface area contributed by atoms with E-state index in [1.54, 1.807) is 12.1 Å². The lowest BCUT2D eigenvalue weighted by atomic mass is 9.98. The number of nitrogens with zero attached hydrogens (tertiary/aromatic N) is 1. The van der Waals surface area contributed by atoms with Crippen molar-refractivity contribution in [3.8, 4) is 5.75 Å². The summed E-state index contributed by atoms with van der Waals surface area (Å²) in [5.41, 5.74) is 5.83. The number of nitrogens with two attached hydrogens (primary N) is 1. The van der Waals surface area contributed by atoms with Gasteiger partial charge in [-0.1, -0.05) is 12.1 Å². The monoisotopic (exact) mass is 246 g/mol. The van der Waals surface area contributed by atoms with Crippen LogP contribution in [0.1, 0.15) is 23.2 Å². The summed E-state index contributed by atoms with van der Waals surface area (Å²) in [6.07, 6.45) is 2.55. The van der Waals surface area contributed by atoms with E-state index in [1.807, 2.05) is 12.1 Å². The first-order valence-corrected chi connectivity index (χ1v) is 6.50. The molecule has 18 heavy (non-hydrogen) atoms. The Labute approximate surface area is 107 Å². The van der Waals surface area contributed by atoms with Crippen LogP contribution >= 0.6 is 0 Å². The van der Waals surface area contributed by atoms with E-state index in [2.05, 4.69) is 4.90 Å². The molecule has 4 heteroatoms. The lowest BCUT2D eigenvalue weighted by Crippen LogP contribution is -2.39. The van der Waals surface area contributed by atoms with Gasteiger partial charge in [-0.3, -0.25) is 9.69 Å². The number of fused-ring (bicyclic) bond motifs is 2. The Balaban J connectivity index is 1.75. The van der Waals surface area contributed by atoms with Crippen LogP contribution in [0.4, 0.5) is 0 Å². The molecule has 0 saturated carbocycles. The van der Waals surface area contributed by atoms with Crippen LogP contribution in [-0.4, -0.2) is 36.5 Å². The average Bonchev–Trinajstić information content (AvgIpc) is 2.69. The third kappa shape index (κ3) is 2.20. The quantitative estimate of drug-likeness (QED) is 0.873. The topological polar surface area (TPSA) is 55.6 Å². The third-order valence-electron chi connectivity index (χ3n) is 3.87. The molecule has 96 valence electrons. The minimum Gasteiger partial charge on any atom is -0.488 e. The van der Waals surface area contributed by atoms with Crippen molar-refractivity contribution in [1.82, 2.24) is 4.90 Å². The highest BCUT2D eigenvalue weighted by Gasteiger charge is 2.33. The van der Waals surface area contributed by atoms with Crippen LogP contribution in [0.15, 0.2) is 24.3 Å². The second-order valence-electron chi connectivity index (χ2n) is 5.25. The molecule has 0 aromatic heterocycles. The molecule has 2 bridgehead atoms. The number of hydrogen-bond acceptors (Lipinski definition) is 3. The molecule has 0 spiro atoms. The first-order valence-electron chi connectivity index (χ1n) is 6.50. The van der Waals surface area contributed by atoms with Crippen LogP contribution in [0.5, 0.6) is 5.75 Å². The summed E-state index contributed by atoms with van der Waals surface area (Å²) in [7, 11) is 0. The number of piperidine rings is 1. The van der Waals surface area contributed by atoms with E-state index >= 15 is 0 Å². The highest BCUT2D eigenvalue weighted by Crippen LogP contribution is 2.30. The molecule has 2 N–H and O–H groups in total. The van der Waals surface area contributed by atoms with E-state index in [0.717, 1.165) is 18.9 Å². The summed E-state index contributed by atoms with van der Waals surface area (Å²) in [5.74, 6) is 0.951. The van der Waals surface area contributed by atoms with Gasteiger partial charge in [-0.15, -0.1) is 0 Å². The smallest absolute Gasteiger partial charge is 0.252 e. The predicted octanol–water partition coefficient (Wildman–Crippen LogP) is 1.26. The number of primary amides is 1. The summed E-state index contributed by atoms with van der Waals surface area (Å²) in [4.78, 5) is 13.8. The first kappa shape index (κ1) is 11.5. The molecule has 3 unspecified atom stereocenters. The summed E-state index contributed by atoms with van der Waals surface area (Å²) < 4.78 is 5.99. The third-order valence-corrected chi connectivity index (χ3v) is 3.87. The molecular formula is C14H18N2O2. The molecule has 2 saturated heterocycles. The van der Waals surface area contributed by atoms with Gasteiger partial charge in [0.05, 0.1) is 5.56 Å². The van der Waals surface area contributed by atoms with E-state index in [4.69, 9.17) is 10.5 Å². The van der Waals surface area contributed by atoms with Gasteiger partial charge in [0.15, 0.2) is 0 Å². The zero-order valence-corrected chi connectivity index (χ0v) is 10.3. The Morgan fingerprint density at radius 1 is 1.33 bits per heavy atom. The largest absolute Gasteiger partial charge is 0.488 e. The normalized spacial score (nSPS) is 30.1. The Morgan fingerprint density at radius 3 is 2.94 bits per heavy atom. The highest BCUT2D eigenvalue weighted by atomic mass is 16.5. The zero-order valence-electron chi connectivity index (χ0n) is 10.3. The van der Waals surface area contributed by atoms with Gasteiger partial charge in [-0.25, -0.2) is 0 Å². The van der Waals surface area contributed by atoms with E-state index in [9.17, 15) is 4.79 Å². The number of rotatable bonds is 3. The summed E-state index contributed by atoms with van der Waals surface area (Å²) >= 11 is 0. The van der Waals surface area contributed by atoms with Crippen molar-refractivity contribution >= 4 is 5.91 Å². The Bertz CT molecular complexity index is 449. The van der Waals surface area contributed by atoms with E-state index < -0.39 is 5.91 Å². The van der Waals surface area contributed by atoms with Crippen LogP contribution in [0, 0.1) is 5.92 Å². The Morgan fingerprint density at radius 2 is 2.17 bits per heavy atom. The van der Waals surface area contributed by atoms with Crippen molar-refractivity contribution in [3.05, 3.63) is 29.8 Å². The second kappa shape index (κ2) is 4.61. The van der Waals surface area contributed by atoms with Gasteiger partial charge in [-0.05, 0) is 37.4 Å². The molecule has 1 aromatic carbocycles. The van der Waals surface area contributed by atoms with Crippen LogP contribution in [0.2, 0.25) is 0 Å². The van der Waals surface area contributed by atoms with Gasteiger partial charge in [-0.2, -0.15) is 0 Å². The molecule has 1 amide bonds. The summed E-state index contributed by atoms with van der Waals surface area (Å²) in [6, 6.07) is 7.22.